The first-order valence-electron chi connectivity index (χ1n) is 10.8. The van der Waals surface area contributed by atoms with Crippen molar-refractivity contribution in [1.29, 1.82) is 0 Å². The first kappa shape index (κ1) is 19.4. The maximum atomic E-state index is 13.0. The third-order valence-corrected chi connectivity index (χ3v) is 6.98. The monoisotopic (exact) mass is 383 g/mol. The van der Waals surface area contributed by atoms with Crippen LogP contribution in [0, 0.1) is 17.3 Å². The van der Waals surface area contributed by atoms with E-state index in [1.54, 1.807) is 0 Å². The zero-order valence-corrected chi connectivity index (χ0v) is 17.3. The zero-order chi connectivity index (χ0) is 19.7. The smallest absolute Gasteiger partial charge is 0.253 e. The Kier molecular flexibility index (Phi) is 5.46. The van der Waals surface area contributed by atoms with Gasteiger partial charge in [0.25, 0.3) is 5.91 Å². The maximum Gasteiger partial charge on any atom is 0.253 e. The summed E-state index contributed by atoms with van der Waals surface area (Å²) in [5.41, 5.74) is 0.830. The van der Waals surface area contributed by atoms with Crippen LogP contribution in [0.3, 0.4) is 0 Å². The number of carbonyl (C=O) groups excluding carboxylic acids is 2. The van der Waals surface area contributed by atoms with E-state index >= 15 is 0 Å². The second-order valence-electron chi connectivity index (χ2n) is 9.40. The van der Waals surface area contributed by atoms with Crippen molar-refractivity contribution in [1.82, 2.24) is 14.7 Å². The number of nitrogens with zero attached hydrogens (tertiary/aromatic N) is 3. The zero-order valence-electron chi connectivity index (χ0n) is 17.3. The summed E-state index contributed by atoms with van der Waals surface area (Å²) in [5.74, 6) is 1.15. The van der Waals surface area contributed by atoms with Crippen molar-refractivity contribution in [3.8, 4) is 0 Å². The Morgan fingerprint density at radius 1 is 1.00 bits per heavy atom. The van der Waals surface area contributed by atoms with Gasteiger partial charge in [-0.05, 0) is 45.0 Å². The van der Waals surface area contributed by atoms with Crippen LogP contribution in [0.15, 0.2) is 30.3 Å². The Morgan fingerprint density at radius 2 is 1.64 bits per heavy atom. The van der Waals surface area contributed by atoms with E-state index in [0.717, 1.165) is 51.1 Å². The minimum atomic E-state index is 0.0685. The molecule has 1 atom stereocenters. The number of likely N-dealkylation sites (tertiary alicyclic amines) is 2. The summed E-state index contributed by atoms with van der Waals surface area (Å²) in [6, 6.07) is 9.58. The van der Waals surface area contributed by atoms with Gasteiger partial charge in [-0.3, -0.25) is 9.59 Å². The Labute approximate surface area is 168 Å². The molecule has 152 valence electrons. The molecule has 3 aliphatic rings. The molecule has 0 aromatic heterocycles. The van der Waals surface area contributed by atoms with Crippen LogP contribution in [-0.2, 0) is 4.79 Å². The van der Waals surface area contributed by atoms with Crippen molar-refractivity contribution in [2.24, 2.45) is 17.3 Å². The summed E-state index contributed by atoms with van der Waals surface area (Å²) in [5, 5.41) is 0. The first-order valence-corrected chi connectivity index (χ1v) is 10.8. The number of carbonyl (C=O) groups is 2. The van der Waals surface area contributed by atoms with E-state index < -0.39 is 0 Å². The van der Waals surface area contributed by atoms with Crippen LogP contribution in [-0.4, -0.2) is 73.3 Å². The minimum Gasteiger partial charge on any atom is -0.341 e. The first-order chi connectivity index (χ1) is 13.5. The van der Waals surface area contributed by atoms with Crippen LogP contribution in [0.5, 0.6) is 0 Å². The molecule has 2 heterocycles. The van der Waals surface area contributed by atoms with Gasteiger partial charge >= 0.3 is 0 Å². The Bertz CT molecular complexity index is 706. The highest BCUT2D eigenvalue weighted by Crippen LogP contribution is 2.45. The molecule has 1 spiro atoms. The van der Waals surface area contributed by atoms with Crippen LogP contribution >= 0.6 is 0 Å². The largest absolute Gasteiger partial charge is 0.341 e. The van der Waals surface area contributed by atoms with E-state index in [1.165, 1.54) is 19.3 Å². The van der Waals surface area contributed by atoms with Gasteiger partial charge in [0.05, 0.1) is 0 Å². The van der Waals surface area contributed by atoms with Crippen LogP contribution in [0.2, 0.25) is 0 Å². The fraction of sp³-hybridized carbons (Fsp3) is 0.652. The molecule has 0 radical (unpaired) electrons. The molecule has 1 aliphatic carbocycles. The lowest BCUT2D eigenvalue weighted by atomic mass is 9.70. The normalized spacial score (nSPS) is 24.6. The second kappa shape index (κ2) is 7.86. The fourth-order valence-corrected chi connectivity index (χ4v) is 5.48. The van der Waals surface area contributed by atoms with Gasteiger partial charge in [0.1, 0.15) is 0 Å². The van der Waals surface area contributed by atoms with Gasteiger partial charge < -0.3 is 14.7 Å². The molecular formula is C23H33N3O2. The van der Waals surface area contributed by atoms with Gasteiger partial charge in [-0.2, -0.15) is 0 Å². The molecule has 2 aliphatic heterocycles. The van der Waals surface area contributed by atoms with Gasteiger partial charge in [-0.25, -0.2) is 0 Å². The van der Waals surface area contributed by atoms with Crippen molar-refractivity contribution < 1.29 is 9.59 Å². The molecule has 0 bridgehead atoms. The van der Waals surface area contributed by atoms with Crippen LogP contribution in [0.1, 0.15) is 42.5 Å². The van der Waals surface area contributed by atoms with Crippen LogP contribution < -0.4 is 0 Å². The molecular weight excluding hydrogens is 350 g/mol. The highest BCUT2D eigenvalue weighted by molar-refractivity contribution is 5.94. The van der Waals surface area contributed by atoms with Crippen molar-refractivity contribution in [2.75, 3.05) is 46.8 Å². The highest BCUT2D eigenvalue weighted by atomic mass is 16.2. The molecule has 5 nitrogen and oxygen atoms in total. The van der Waals surface area contributed by atoms with E-state index in [-0.39, 0.29) is 17.2 Å². The van der Waals surface area contributed by atoms with Crippen LogP contribution in [0.4, 0.5) is 0 Å². The molecule has 0 N–H and O–H groups in total. The summed E-state index contributed by atoms with van der Waals surface area (Å²) in [6.07, 6.45) is 5.77. The number of hydrogen-bond acceptors (Lipinski definition) is 3. The number of hydrogen-bond donors (Lipinski definition) is 0. The lowest BCUT2D eigenvalue weighted by molar-refractivity contribution is -0.150. The van der Waals surface area contributed by atoms with E-state index in [4.69, 9.17) is 0 Å². The molecule has 1 aromatic rings. The summed E-state index contributed by atoms with van der Waals surface area (Å²) in [6.45, 7) is 4.16. The summed E-state index contributed by atoms with van der Waals surface area (Å²) in [7, 11) is 4.19. The lowest BCUT2D eigenvalue weighted by Gasteiger charge is -2.52. The Balaban J connectivity index is 1.44. The molecule has 3 fully saturated rings. The molecule has 1 saturated carbocycles. The van der Waals surface area contributed by atoms with Gasteiger partial charge in [-0.1, -0.05) is 37.5 Å². The van der Waals surface area contributed by atoms with Crippen molar-refractivity contribution in [3.63, 3.8) is 0 Å². The average molecular weight is 384 g/mol. The SMILES string of the molecule is CN(C)CC1CN(C(=O)c2ccccc2)CC12CN(C(=O)C1CCCCC1)C2. The molecule has 28 heavy (non-hydrogen) atoms. The van der Waals surface area contributed by atoms with E-state index in [1.807, 2.05) is 35.2 Å². The minimum absolute atomic E-state index is 0.0685. The molecule has 1 unspecified atom stereocenters. The summed E-state index contributed by atoms with van der Waals surface area (Å²) in [4.78, 5) is 32.2. The highest BCUT2D eigenvalue weighted by Gasteiger charge is 2.56. The lowest BCUT2D eigenvalue weighted by Crippen LogP contribution is -2.64. The van der Waals surface area contributed by atoms with Gasteiger partial charge in [0, 0.05) is 49.6 Å². The molecule has 5 heteroatoms. The fourth-order valence-electron chi connectivity index (χ4n) is 5.48. The van der Waals surface area contributed by atoms with E-state index in [0.29, 0.717) is 11.8 Å². The Morgan fingerprint density at radius 3 is 2.29 bits per heavy atom. The summed E-state index contributed by atoms with van der Waals surface area (Å²) >= 11 is 0. The standard InChI is InChI=1S/C23H33N3O2/c1-24(2)13-20-14-25(21(27)18-9-5-3-6-10-18)15-23(20)16-26(17-23)22(28)19-11-7-4-8-12-19/h3,5-6,9-10,19-20H,4,7-8,11-17H2,1-2H3. The topological polar surface area (TPSA) is 43.9 Å². The molecule has 2 saturated heterocycles. The Hall–Kier alpha value is -1.88. The van der Waals surface area contributed by atoms with Crippen LogP contribution in [0.25, 0.3) is 0 Å². The number of benzene rings is 1. The maximum absolute atomic E-state index is 13.0. The van der Waals surface area contributed by atoms with Gasteiger partial charge in [0.2, 0.25) is 5.91 Å². The number of amides is 2. The van der Waals surface area contributed by atoms with Crippen molar-refractivity contribution in [2.45, 2.75) is 32.1 Å². The predicted octanol–water partition coefficient (Wildman–Crippen LogP) is 2.73. The van der Waals surface area contributed by atoms with Crippen molar-refractivity contribution in [3.05, 3.63) is 35.9 Å². The number of rotatable bonds is 4. The quantitative estimate of drug-likeness (QED) is 0.803. The average Bonchev–Trinajstić information content (AvgIpc) is 3.06. The molecule has 4 rings (SSSR count). The van der Waals surface area contributed by atoms with Gasteiger partial charge in [-0.15, -0.1) is 0 Å². The predicted molar refractivity (Wildman–Crippen MR) is 110 cm³/mol. The van der Waals surface area contributed by atoms with E-state index in [2.05, 4.69) is 23.9 Å². The second-order valence-corrected chi connectivity index (χ2v) is 9.40. The molecule has 2 amide bonds. The molecule has 1 aromatic carbocycles. The third-order valence-electron chi connectivity index (χ3n) is 6.98. The third kappa shape index (κ3) is 3.69. The van der Waals surface area contributed by atoms with Crippen molar-refractivity contribution >= 4 is 11.8 Å². The summed E-state index contributed by atoms with van der Waals surface area (Å²) < 4.78 is 0. The van der Waals surface area contributed by atoms with Gasteiger partial charge in [0.15, 0.2) is 0 Å². The van der Waals surface area contributed by atoms with E-state index in [9.17, 15) is 9.59 Å².